The summed E-state index contributed by atoms with van der Waals surface area (Å²) in [7, 11) is 1.83. The number of carbonyl (C=O) groups excluding carboxylic acids is 4. The first-order valence-corrected chi connectivity index (χ1v) is 19.7. The first kappa shape index (κ1) is 38.5. The van der Waals surface area contributed by atoms with Gasteiger partial charge in [-0.3, -0.25) is 9.59 Å². The molecule has 6 rings (SSSR count). The minimum absolute atomic E-state index is 0.00636. The second-order valence-electron chi connectivity index (χ2n) is 15.3. The quantitative estimate of drug-likeness (QED) is 0.281. The summed E-state index contributed by atoms with van der Waals surface area (Å²) in [5, 5.41) is 13.4. The number of esters is 1. The zero-order valence-corrected chi connectivity index (χ0v) is 31.7. The van der Waals surface area contributed by atoms with Crippen LogP contribution in [-0.2, 0) is 31.9 Å². The number of likely N-dealkylation sites (tertiary alicyclic amines) is 3. The van der Waals surface area contributed by atoms with E-state index in [9.17, 15) is 24.3 Å². The van der Waals surface area contributed by atoms with Gasteiger partial charge >= 0.3 is 18.1 Å². The SMILES string of the molecule is Bc1cc(C[C@@H](OC(=O)N2CCC(N3CCc4ccccc4NC3=O)CC2)C(=O)N2CCC(C3CCN(CCC(=O)OCC)CC3)CC2)cc(C)c1O. The molecule has 2 aromatic carbocycles. The van der Waals surface area contributed by atoms with E-state index in [0.29, 0.717) is 81.5 Å². The topological polar surface area (TPSA) is 132 Å². The average Bonchev–Trinajstić information content (AvgIpc) is 3.34. The molecule has 1 atom stereocenters. The van der Waals surface area contributed by atoms with Gasteiger partial charge in [-0.25, -0.2) is 9.59 Å². The van der Waals surface area contributed by atoms with E-state index in [4.69, 9.17) is 9.47 Å². The van der Waals surface area contributed by atoms with Gasteiger partial charge in [-0.2, -0.15) is 0 Å². The Morgan fingerprint density at radius 1 is 0.925 bits per heavy atom. The van der Waals surface area contributed by atoms with Gasteiger partial charge in [-0.05, 0) is 112 Å². The number of piperidine rings is 3. The molecule has 4 aliphatic heterocycles. The number of ether oxygens (including phenoxy) is 2. The van der Waals surface area contributed by atoms with Gasteiger partial charge in [0.05, 0.1) is 13.0 Å². The van der Waals surface area contributed by atoms with E-state index < -0.39 is 12.2 Å². The lowest BCUT2D eigenvalue weighted by Crippen LogP contribution is -2.52. The van der Waals surface area contributed by atoms with E-state index in [0.717, 1.165) is 68.6 Å². The van der Waals surface area contributed by atoms with Crippen molar-refractivity contribution in [3.63, 3.8) is 0 Å². The number of rotatable bonds is 10. The monoisotopic (exact) mass is 729 g/mol. The number of urea groups is 1. The van der Waals surface area contributed by atoms with Gasteiger partial charge in [0.25, 0.3) is 5.91 Å². The number of phenolic OH excluding ortho intramolecular Hbond substituents is 1. The lowest BCUT2D eigenvalue weighted by atomic mass is 9.78. The smallest absolute Gasteiger partial charge is 0.410 e. The van der Waals surface area contributed by atoms with Gasteiger partial charge in [0.1, 0.15) is 13.6 Å². The summed E-state index contributed by atoms with van der Waals surface area (Å²) >= 11 is 0. The highest BCUT2D eigenvalue weighted by Crippen LogP contribution is 2.33. The third kappa shape index (κ3) is 9.65. The molecule has 13 heteroatoms. The third-order valence-corrected chi connectivity index (χ3v) is 11.9. The van der Waals surface area contributed by atoms with Crippen molar-refractivity contribution >= 4 is 43.0 Å². The van der Waals surface area contributed by atoms with E-state index in [1.165, 1.54) is 0 Å². The summed E-state index contributed by atoms with van der Waals surface area (Å²) in [5.41, 5.74) is 4.24. The number of amides is 4. The number of hydrogen-bond acceptors (Lipinski definition) is 8. The van der Waals surface area contributed by atoms with Crippen LogP contribution in [0.2, 0.25) is 0 Å². The van der Waals surface area contributed by atoms with Crippen molar-refractivity contribution in [1.82, 2.24) is 19.6 Å². The minimum atomic E-state index is -0.988. The molecule has 2 aromatic rings. The van der Waals surface area contributed by atoms with Crippen LogP contribution in [0.5, 0.6) is 5.75 Å². The highest BCUT2D eigenvalue weighted by atomic mass is 16.6. The van der Waals surface area contributed by atoms with Crippen molar-refractivity contribution < 1.29 is 33.8 Å². The Morgan fingerprint density at radius 2 is 1.58 bits per heavy atom. The zero-order chi connectivity index (χ0) is 37.5. The van der Waals surface area contributed by atoms with Crippen LogP contribution >= 0.6 is 0 Å². The van der Waals surface area contributed by atoms with Gasteiger partial charge in [0.2, 0.25) is 0 Å². The van der Waals surface area contributed by atoms with Crippen LogP contribution in [-0.4, -0.2) is 128 Å². The molecule has 2 N–H and O–H groups in total. The maximum atomic E-state index is 14.2. The van der Waals surface area contributed by atoms with Crippen LogP contribution in [0.15, 0.2) is 36.4 Å². The standard InChI is InChI=1S/C40H56BN5O7/c1-3-52-36(47)15-18-43-16-8-29(9-17-43)30-10-19-44(20-11-30)38(49)35(26-28-24-27(2)37(48)33(41)25-28)53-40(51)45-21-13-32(14-22-45)46-23-12-31-6-4-5-7-34(31)42-39(46)50/h4-7,24-25,29-30,32,35,48H,3,8-23,26,41H2,1-2H3,(H,42,50)/t35-/m1/s1. The summed E-state index contributed by atoms with van der Waals surface area (Å²) in [5.74, 6) is 1.05. The molecule has 4 heterocycles. The summed E-state index contributed by atoms with van der Waals surface area (Å²) in [4.78, 5) is 60.6. The number of carbonyl (C=O) groups is 4. The largest absolute Gasteiger partial charge is 0.508 e. The van der Waals surface area contributed by atoms with Crippen LogP contribution in [0.3, 0.4) is 0 Å². The van der Waals surface area contributed by atoms with Crippen LogP contribution in [0, 0.1) is 18.8 Å². The maximum absolute atomic E-state index is 14.2. The van der Waals surface area contributed by atoms with Crippen molar-refractivity contribution in [2.75, 3.05) is 64.3 Å². The van der Waals surface area contributed by atoms with Gasteiger partial charge < -0.3 is 39.5 Å². The van der Waals surface area contributed by atoms with E-state index in [1.54, 1.807) is 4.90 Å². The Kier molecular flexibility index (Phi) is 12.9. The third-order valence-electron chi connectivity index (χ3n) is 11.9. The molecule has 0 unspecified atom stereocenters. The fraction of sp³-hybridized carbons (Fsp3) is 0.600. The molecule has 3 saturated heterocycles. The van der Waals surface area contributed by atoms with Crippen LogP contribution in [0.25, 0.3) is 0 Å². The second kappa shape index (κ2) is 17.7. The molecule has 3 fully saturated rings. The van der Waals surface area contributed by atoms with Crippen molar-refractivity contribution in [3.05, 3.63) is 53.1 Å². The van der Waals surface area contributed by atoms with Crippen molar-refractivity contribution in [3.8, 4) is 5.75 Å². The fourth-order valence-corrected chi connectivity index (χ4v) is 8.78. The number of nitrogens with zero attached hydrogens (tertiary/aromatic N) is 4. The number of aromatic hydroxyl groups is 1. The molecule has 0 saturated carbocycles. The Hall–Kier alpha value is -4.26. The number of para-hydroxylation sites is 1. The van der Waals surface area contributed by atoms with Gasteiger partial charge in [-0.15, -0.1) is 0 Å². The Bertz CT molecular complexity index is 1590. The lowest BCUT2D eigenvalue weighted by Gasteiger charge is -2.41. The molecule has 0 aliphatic carbocycles. The van der Waals surface area contributed by atoms with Gasteiger partial charge in [-0.1, -0.05) is 30.3 Å². The van der Waals surface area contributed by atoms with Crippen LogP contribution in [0.1, 0.15) is 68.6 Å². The van der Waals surface area contributed by atoms with Gasteiger partial charge in [0, 0.05) is 57.4 Å². The summed E-state index contributed by atoms with van der Waals surface area (Å²) < 4.78 is 11.2. The predicted octanol–water partition coefficient (Wildman–Crippen LogP) is 3.47. The molecule has 0 radical (unpaired) electrons. The number of fused-ring (bicyclic) bond motifs is 1. The highest BCUT2D eigenvalue weighted by molar-refractivity contribution is 6.34. The molecule has 0 aromatic heterocycles. The fourth-order valence-electron chi connectivity index (χ4n) is 8.78. The molecular weight excluding hydrogens is 673 g/mol. The van der Waals surface area contributed by atoms with E-state index in [1.807, 2.05) is 67.9 Å². The van der Waals surface area contributed by atoms with Crippen LogP contribution in [0.4, 0.5) is 15.3 Å². The molecule has 0 bridgehead atoms. The van der Waals surface area contributed by atoms with Crippen LogP contribution < -0.4 is 10.8 Å². The first-order valence-electron chi connectivity index (χ1n) is 19.7. The Balaban J connectivity index is 1.03. The van der Waals surface area contributed by atoms with Gasteiger partial charge in [0.15, 0.2) is 6.10 Å². The molecule has 12 nitrogen and oxygen atoms in total. The number of hydrogen-bond donors (Lipinski definition) is 2. The lowest BCUT2D eigenvalue weighted by molar-refractivity contribution is -0.144. The van der Waals surface area contributed by atoms with E-state index in [2.05, 4.69) is 10.2 Å². The molecule has 4 amide bonds. The average molecular weight is 730 g/mol. The number of anilines is 1. The van der Waals surface area contributed by atoms with Crippen molar-refractivity contribution in [2.45, 2.75) is 83.8 Å². The number of benzene rings is 2. The highest BCUT2D eigenvalue weighted by Gasteiger charge is 2.37. The zero-order valence-electron chi connectivity index (χ0n) is 31.7. The summed E-state index contributed by atoms with van der Waals surface area (Å²) in [6.45, 7) is 9.51. The van der Waals surface area contributed by atoms with Crippen molar-refractivity contribution in [1.29, 1.82) is 0 Å². The normalized spacial score (nSPS) is 20.0. The number of phenols is 1. The minimum Gasteiger partial charge on any atom is -0.508 e. The van der Waals surface area contributed by atoms with E-state index >= 15 is 0 Å². The molecule has 4 aliphatic rings. The molecule has 286 valence electrons. The molecular formula is C40H56BN5O7. The molecule has 53 heavy (non-hydrogen) atoms. The number of nitrogens with one attached hydrogen (secondary N) is 1. The maximum Gasteiger partial charge on any atom is 0.410 e. The van der Waals surface area contributed by atoms with E-state index in [-0.39, 0.29) is 36.1 Å². The summed E-state index contributed by atoms with van der Waals surface area (Å²) in [6.07, 6.45) is 5.20. The Labute approximate surface area is 314 Å². The predicted molar refractivity (Wildman–Crippen MR) is 205 cm³/mol. The Morgan fingerprint density at radius 3 is 2.26 bits per heavy atom. The van der Waals surface area contributed by atoms with Crippen molar-refractivity contribution in [2.24, 2.45) is 11.8 Å². The first-order chi connectivity index (χ1) is 25.6. The summed E-state index contributed by atoms with van der Waals surface area (Å²) in [6, 6.07) is 11.5. The molecule has 0 spiro atoms. The number of aryl methyl sites for hydroxylation is 1. The second-order valence-corrected chi connectivity index (χ2v) is 15.3.